The molecule has 3 aromatic rings. The fourth-order valence-electron chi connectivity index (χ4n) is 5.68. The molecule has 0 spiro atoms. The van der Waals surface area contributed by atoms with Gasteiger partial charge in [-0.15, -0.1) is 0 Å². The first-order valence-electron chi connectivity index (χ1n) is 14.4. The molecule has 3 atom stereocenters. The molecule has 10 nitrogen and oxygen atoms in total. The maximum absolute atomic E-state index is 16.6. The number of halogens is 5. The highest BCUT2D eigenvalue weighted by atomic mass is 19.4. The predicted molar refractivity (Wildman–Crippen MR) is 159 cm³/mol. The molecule has 15 heteroatoms. The number of anilines is 3. The van der Waals surface area contributed by atoms with Gasteiger partial charge in [-0.1, -0.05) is 0 Å². The number of rotatable bonds is 5. The molecule has 2 aliphatic heterocycles. The van der Waals surface area contributed by atoms with Gasteiger partial charge in [0, 0.05) is 70.3 Å². The van der Waals surface area contributed by atoms with E-state index in [2.05, 4.69) is 15.3 Å². The number of morpholine rings is 1. The second kappa shape index (κ2) is 12.4. The molecule has 0 radical (unpaired) electrons. The van der Waals surface area contributed by atoms with Crippen molar-refractivity contribution >= 4 is 23.2 Å². The zero-order valence-corrected chi connectivity index (χ0v) is 25.5. The number of benzene rings is 1. The van der Waals surface area contributed by atoms with E-state index in [9.17, 15) is 22.8 Å². The summed E-state index contributed by atoms with van der Waals surface area (Å²) in [6.45, 7) is 7.77. The molecule has 0 saturated carbocycles. The molecule has 3 unspecified atom stereocenters. The van der Waals surface area contributed by atoms with Crippen molar-refractivity contribution in [2.24, 2.45) is 7.05 Å². The number of alkyl halides is 3. The highest BCUT2D eigenvalue weighted by Gasteiger charge is 2.37. The number of carbonyl (C=O) groups is 1. The van der Waals surface area contributed by atoms with Crippen molar-refractivity contribution in [2.75, 3.05) is 54.9 Å². The Morgan fingerprint density at radius 1 is 1.02 bits per heavy atom. The number of ether oxygens (including phenoxy) is 1. The van der Waals surface area contributed by atoms with Crippen LogP contribution in [0.5, 0.6) is 0 Å². The third-order valence-electron chi connectivity index (χ3n) is 8.12. The third kappa shape index (κ3) is 6.64. The van der Waals surface area contributed by atoms with Gasteiger partial charge in [-0.3, -0.25) is 9.59 Å². The van der Waals surface area contributed by atoms with Crippen molar-refractivity contribution in [3.63, 3.8) is 0 Å². The summed E-state index contributed by atoms with van der Waals surface area (Å²) in [4.78, 5) is 39.7. The van der Waals surface area contributed by atoms with Gasteiger partial charge >= 0.3 is 6.18 Å². The summed E-state index contributed by atoms with van der Waals surface area (Å²) < 4.78 is 80.7. The van der Waals surface area contributed by atoms with Crippen molar-refractivity contribution in [3.05, 3.63) is 63.7 Å². The standard InChI is InChI=1S/C30H34F5N7O3/c1-16-12-41(9-8-39(16)4)23-11-21(31)25(22-6-7-36-29(37-22)42-13-17(2)45-18(3)14-42)26(32)27(23)38-28(44)19-15-40(5)24(43)10-20(19)30(33,34)35/h6-7,10-11,15-18H,8-9,12-14H2,1-5H3,(H,38,44). The first-order valence-corrected chi connectivity index (χ1v) is 14.4. The Morgan fingerprint density at radius 3 is 2.36 bits per heavy atom. The van der Waals surface area contributed by atoms with Crippen molar-refractivity contribution < 1.29 is 31.5 Å². The molecule has 0 bridgehead atoms. The fraction of sp³-hybridized carbons (Fsp3) is 0.467. The average Bonchev–Trinajstić information content (AvgIpc) is 2.96. The molecular formula is C30H34F5N7O3. The number of carbonyl (C=O) groups excluding carboxylic acids is 1. The summed E-state index contributed by atoms with van der Waals surface area (Å²) in [6, 6.07) is 2.64. The van der Waals surface area contributed by atoms with Crippen LogP contribution in [0.2, 0.25) is 0 Å². The molecular weight excluding hydrogens is 601 g/mol. The number of amides is 1. The number of hydrogen-bond acceptors (Lipinski definition) is 8. The molecule has 2 fully saturated rings. The summed E-state index contributed by atoms with van der Waals surface area (Å²) in [6.07, 6.45) is -3.23. The van der Waals surface area contributed by atoms with Gasteiger partial charge in [-0.25, -0.2) is 18.7 Å². The molecule has 1 amide bonds. The van der Waals surface area contributed by atoms with Crippen molar-refractivity contribution in [2.45, 2.75) is 45.2 Å². The van der Waals surface area contributed by atoms with E-state index in [0.29, 0.717) is 38.8 Å². The van der Waals surface area contributed by atoms with Crippen molar-refractivity contribution in [3.8, 4) is 11.3 Å². The van der Waals surface area contributed by atoms with Gasteiger partial charge < -0.3 is 29.3 Å². The van der Waals surface area contributed by atoms with Gasteiger partial charge in [0.15, 0.2) is 5.82 Å². The number of likely N-dealkylation sites (N-methyl/N-ethyl adjacent to an activating group) is 1. The minimum atomic E-state index is -5.05. The van der Waals surface area contributed by atoms with E-state index < -0.39 is 51.7 Å². The molecule has 2 aromatic heterocycles. The maximum atomic E-state index is 16.6. The van der Waals surface area contributed by atoms with Crippen LogP contribution in [0.25, 0.3) is 11.3 Å². The lowest BCUT2D eigenvalue weighted by Crippen LogP contribution is -2.50. The SMILES string of the molecule is CC1CN(c2nccc(-c3c(F)cc(N4CCN(C)C(C)C4)c(NC(=O)c4cn(C)c(=O)cc4C(F)(F)F)c3F)n2)CC(C)O1. The average molecular weight is 636 g/mol. The second-order valence-corrected chi connectivity index (χ2v) is 11.6. The van der Waals surface area contributed by atoms with Gasteiger partial charge in [0.25, 0.3) is 11.5 Å². The lowest BCUT2D eigenvalue weighted by atomic mass is 10.0. The minimum Gasteiger partial charge on any atom is -0.372 e. The molecule has 45 heavy (non-hydrogen) atoms. The lowest BCUT2D eigenvalue weighted by molar-refractivity contribution is -0.138. The number of aromatic nitrogens is 3. The molecule has 5 rings (SSSR count). The molecule has 4 heterocycles. The molecule has 1 N–H and O–H groups in total. The van der Waals surface area contributed by atoms with Crippen LogP contribution in [0.15, 0.2) is 35.4 Å². The molecule has 2 saturated heterocycles. The zero-order chi connectivity index (χ0) is 32.8. The highest BCUT2D eigenvalue weighted by molar-refractivity contribution is 6.07. The smallest absolute Gasteiger partial charge is 0.372 e. The largest absolute Gasteiger partial charge is 0.417 e. The summed E-state index contributed by atoms with van der Waals surface area (Å²) in [7, 11) is 3.09. The van der Waals surface area contributed by atoms with Gasteiger partial charge in [0.1, 0.15) is 11.5 Å². The van der Waals surface area contributed by atoms with Crippen LogP contribution in [0.4, 0.5) is 39.3 Å². The van der Waals surface area contributed by atoms with Crippen LogP contribution in [-0.2, 0) is 18.0 Å². The Labute approximate surface area is 256 Å². The van der Waals surface area contributed by atoms with Crippen LogP contribution in [-0.4, -0.2) is 83.4 Å². The number of aryl methyl sites for hydroxylation is 1. The van der Waals surface area contributed by atoms with Crippen molar-refractivity contribution in [1.29, 1.82) is 0 Å². The first-order chi connectivity index (χ1) is 21.1. The van der Waals surface area contributed by atoms with Crippen LogP contribution in [0.3, 0.4) is 0 Å². The number of hydrogen-bond donors (Lipinski definition) is 1. The molecule has 1 aromatic carbocycles. The Morgan fingerprint density at radius 2 is 1.71 bits per heavy atom. The Hall–Kier alpha value is -4.11. The highest BCUT2D eigenvalue weighted by Crippen LogP contribution is 2.39. The number of piperazine rings is 1. The Balaban J connectivity index is 1.62. The van der Waals surface area contributed by atoms with E-state index in [4.69, 9.17) is 4.74 Å². The number of nitrogens with zero attached hydrogens (tertiary/aromatic N) is 6. The minimum absolute atomic E-state index is 0.0312. The quantitative estimate of drug-likeness (QED) is 0.418. The Bertz CT molecular complexity index is 1650. The Kier molecular flexibility index (Phi) is 8.86. The second-order valence-electron chi connectivity index (χ2n) is 11.6. The monoisotopic (exact) mass is 635 g/mol. The van der Waals surface area contributed by atoms with Gasteiger partial charge in [-0.2, -0.15) is 13.2 Å². The van der Waals surface area contributed by atoms with Crippen LogP contribution in [0.1, 0.15) is 36.7 Å². The van der Waals surface area contributed by atoms with Gasteiger partial charge in [-0.05, 0) is 33.9 Å². The summed E-state index contributed by atoms with van der Waals surface area (Å²) >= 11 is 0. The zero-order valence-electron chi connectivity index (χ0n) is 25.5. The summed E-state index contributed by atoms with van der Waals surface area (Å²) in [5, 5.41) is 2.28. The fourth-order valence-corrected chi connectivity index (χ4v) is 5.68. The molecule has 242 valence electrons. The van der Waals surface area contributed by atoms with E-state index in [-0.39, 0.29) is 35.6 Å². The molecule has 2 aliphatic rings. The van der Waals surface area contributed by atoms with E-state index in [1.807, 2.05) is 37.6 Å². The van der Waals surface area contributed by atoms with Gasteiger partial charge in [0.05, 0.1) is 40.3 Å². The van der Waals surface area contributed by atoms with Crippen LogP contribution < -0.4 is 20.7 Å². The predicted octanol–water partition coefficient (Wildman–Crippen LogP) is 4.15. The van der Waals surface area contributed by atoms with Crippen molar-refractivity contribution in [1.82, 2.24) is 19.4 Å². The van der Waals surface area contributed by atoms with E-state index in [1.54, 1.807) is 4.90 Å². The summed E-state index contributed by atoms with van der Waals surface area (Å²) in [5.74, 6) is -3.29. The van der Waals surface area contributed by atoms with E-state index in [0.717, 1.165) is 16.8 Å². The number of pyridine rings is 1. The maximum Gasteiger partial charge on any atom is 0.417 e. The summed E-state index contributed by atoms with van der Waals surface area (Å²) in [5.41, 5.74) is -4.60. The lowest BCUT2D eigenvalue weighted by Gasteiger charge is -2.39. The topological polar surface area (TPSA) is 95.8 Å². The van der Waals surface area contributed by atoms with Crippen LogP contribution in [0, 0.1) is 11.6 Å². The normalized spacial score (nSPS) is 21.2. The van der Waals surface area contributed by atoms with E-state index >= 15 is 8.78 Å². The van der Waals surface area contributed by atoms with Gasteiger partial charge in [0.2, 0.25) is 5.95 Å². The number of nitrogens with one attached hydrogen (secondary N) is 1. The first kappa shape index (κ1) is 32.3. The van der Waals surface area contributed by atoms with E-state index in [1.165, 1.54) is 19.3 Å². The third-order valence-corrected chi connectivity index (χ3v) is 8.12. The van der Waals surface area contributed by atoms with Crippen LogP contribution >= 0.6 is 0 Å². The molecule has 0 aliphatic carbocycles.